The fourth-order valence-electron chi connectivity index (χ4n) is 1.43. The van der Waals surface area contributed by atoms with Gasteiger partial charge in [-0.1, -0.05) is 13.0 Å². The summed E-state index contributed by atoms with van der Waals surface area (Å²) in [7, 11) is 0. The van der Waals surface area contributed by atoms with E-state index in [4.69, 9.17) is 0 Å². The van der Waals surface area contributed by atoms with E-state index in [9.17, 15) is 13.6 Å². The highest BCUT2D eigenvalue weighted by Crippen LogP contribution is 2.48. The Kier molecular flexibility index (Phi) is 1.91. The summed E-state index contributed by atoms with van der Waals surface area (Å²) in [5.74, 6) is -1.93. The molecule has 0 amide bonds. The second-order valence-electron chi connectivity index (χ2n) is 3.99. The molecule has 0 N–H and O–H groups in total. The van der Waals surface area contributed by atoms with Gasteiger partial charge in [-0.2, -0.15) is 0 Å². The van der Waals surface area contributed by atoms with Gasteiger partial charge in [-0.3, -0.25) is 4.79 Å². The van der Waals surface area contributed by atoms with Crippen LogP contribution < -0.4 is 0 Å². The Morgan fingerprint density at radius 2 is 1.79 bits per heavy atom. The number of Topliss-reactive ketones (excluding diaryl/α,β-unsaturated/α-hetero) is 1. The standard InChI is InChI=1S/C11H10F2O/c1-11(5-6-11)10(14)9-7(12)3-2-4-8(9)13/h2-4H,5-6H2,1H3. The molecule has 0 heterocycles. The largest absolute Gasteiger partial charge is 0.293 e. The molecule has 1 saturated carbocycles. The van der Waals surface area contributed by atoms with E-state index >= 15 is 0 Å². The van der Waals surface area contributed by atoms with E-state index in [0.29, 0.717) is 0 Å². The molecular formula is C11H10F2O. The van der Waals surface area contributed by atoms with Gasteiger partial charge in [-0.25, -0.2) is 8.78 Å². The lowest BCUT2D eigenvalue weighted by Gasteiger charge is -2.08. The van der Waals surface area contributed by atoms with Crippen molar-refractivity contribution in [1.29, 1.82) is 0 Å². The first kappa shape index (κ1) is 9.31. The van der Waals surface area contributed by atoms with Crippen LogP contribution in [0.5, 0.6) is 0 Å². The maximum absolute atomic E-state index is 13.2. The molecule has 2 rings (SSSR count). The van der Waals surface area contributed by atoms with Crippen LogP contribution in [0.25, 0.3) is 0 Å². The van der Waals surface area contributed by atoms with Gasteiger partial charge in [-0.05, 0) is 25.0 Å². The van der Waals surface area contributed by atoms with Gasteiger partial charge in [-0.15, -0.1) is 0 Å². The lowest BCUT2D eigenvalue weighted by molar-refractivity contribution is 0.0903. The van der Waals surface area contributed by atoms with Crippen molar-refractivity contribution in [2.45, 2.75) is 19.8 Å². The molecule has 1 nitrogen and oxygen atoms in total. The summed E-state index contributed by atoms with van der Waals surface area (Å²) in [4.78, 5) is 11.7. The third-order valence-corrected chi connectivity index (χ3v) is 2.74. The van der Waals surface area contributed by atoms with Crippen molar-refractivity contribution in [3.8, 4) is 0 Å². The molecule has 0 bridgehead atoms. The highest BCUT2D eigenvalue weighted by atomic mass is 19.1. The number of halogens is 2. The zero-order valence-electron chi connectivity index (χ0n) is 7.81. The van der Waals surface area contributed by atoms with Gasteiger partial charge in [0.25, 0.3) is 0 Å². The Hall–Kier alpha value is -1.25. The molecule has 1 aromatic carbocycles. The van der Waals surface area contributed by atoms with Crippen LogP contribution in [-0.4, -0.2) is 5.78 Å². The number of rotatable bonds is 2. The summed E-state index contributed by atoms with van der Waals surface area (Å²) in [6.45, 7) is 1.74. The molecule has 0 unspecified atom stereocenters. The van der Waals surface area contributed by atoms with Crippen LogP contribution >= 0.6 is 0 Å². The Morgan fingerprint density at radius 3 is 2.21 bits per heavy atom. The van der Waals surface area contributed by atoms with E-state index in [1.165, 1.54) is 6.07 Å². The van der Waals surface area contributed by atoms with E-state index < -0.39 is 22.8 Å². The quantitative estimate of drug-likeness (QED) is 0.664. The zero-order valence-corrected chi connectivity index (χ0v) is 7.81. The predicted molar refractivity (Wildman–Crippen MR) is 48.0 cm³/mol. The number of carbonyl (C=O) groups excluding carboxylic acids is 1. The lowest BCUT2D eigenvalue weighted by Crippen LogP contribution is -2.15. The molecule has 0 aliphatic heterocycles. The van der Waals surface area contributed by atoms with Crippen molar-refractivity contribution < 1.29 is 13.6 Å². The van der Waals surface area contributed by atoms with Crippen molar-refractivity contribution in [3.63, 3.8) is 0 Å². The maximum atomic E-state index is 13.2. The average Bonchev–Trinajstić information content (AvgIpc) is 2.84. The summed E-state index contributed by atoms with van der Waals surface area (Å²) in [6.07, 6.45) is 1.44. The molecule has 74 valence electrons. The van der Waals surface area contributed by atoms with Crippen molar-refractivity contribution in [2.24, 2.45) is 5.41 Å². The molecule has 0 radical (unpaired) electrons. The average molecular weight is 196 g/mol. The normalized spacial score (nSPS) is 17.9. The van der Waals surface area contributed by atoms with Crippen molar-refractivity contribution in [1.82, 2.24) is 0 Å². The topological polar surface area (TPSA) is 17.1 Å². The minimum Gasteiger partial charge on any atom is -0.293 e. The second-order valence-corrected chi connectivity index (χ2v) is 3.99. The molecule has 1 aliphatic rings. The first-order valence-electron chi connectivity index (χ1n) is 4.53. The Morgan fingerprint density at radius 1 is 1.29 bits per heavy atom. The van der Waals surface area contributed by atoms with Crippen LogP contribution in [0.2, 0.25) is 0 Å². The second kappa shape index (κ2) is 2.87. The highest BCUT2D eigenvalue weighted by molar-refractivity contribution is 6.02. The first-order chi connectivity index (χ1) is 6.54. The first-order valence-corrected chi connectivity index (χ1v) is 4.53. The monoisotopic (exact) mass is 196 g/mol. The Balaban J connectivity index is 2.45. The molecule has 0 aromatic heterocycles. The molecule has 0 spiro atoms. The van der Waals surface area contributed by atoms with Gasteiger partial charge < -0.3 is 0 Å². The number of ketones is 1. The smallest absolute Gasteiger partial charge is 0.174 e. The van der Waals surface area contributed by atoms with Gasteiger partial charge >= 0.3 is 0 Å². The van der Waals surface area contributed by atoms with Crippen LogP contribution in [0.1, 0.15) is 30.1 Å². The predicted octanol–water partition coefficient (Wildman–Crippen LogP) is 2.95. The number of benzene rings is 1. The summed E-state index contributed by atoms with van der Waals surface area (Å²) >= 11 is 0. The van der Waals surface area contributed by atoms with Crippen molar-refractivity contribution in [2.75, 3.05) is 0 Å². The number of hydrogen-bond acceptors (Lipinski definition) is 1. The van der Waals surface area contributed by atoms with Crippen molar-refractivity contribution in [3.05, 3.63) is 35.4 Å². The summed E-state index contributed by atoms with van der Waals surface area (Å²) in [5, 5.41) is 0. The molecular weight excluding hydrogens is 186 g/mol. The third kappa shape index (κ3) is 1.33. The SMILES string of the molecule is CC1(C(=O)c2c(F)cccc2F)CC1. The Bertz CT molecular complexity index is 374. The Labute approximate surface area is 80.7 Å². The molecule has 3 heteroatoms. The van der Waals surface area contributed by atoms with Crippen LogP contribution in [0.3, 0.4) is 0 Å². The van der Waals surface area contributed by atoms with Gasteiger partial charge in [0.1, 0.15) is 11.6 Å². The minimum absolute atomic E-state index is 0.382. The van der Waals surface area contributed by atoms with E-state index in [-0.39, 0.29) is 5.56 Å². The summed E-state index contributed by atoms with van der Waals surface area (Å²) in [6, 6.07) is 3.49. The van der Waals surface area contributed by atoms with Crippen molar-refractivity contribution >= 4 is 5.78 Å². The molecule has 0 atom stereocenters. The van der Waals surface area contributed by atoms with Crippen LogP contribution in [0.15, 0.2) is 18.2 Å². The molecule has 14 heavy (non-hydrogen) atoms. The lowest BCUT2D eigenvalue weighted by atomic mass is 9.96. The van der Waals surface area contributed by atoms with Gasteiger partial charge in [0.05, 0.1) is 5.56 Å². The molecule has 1 fully saturated rings. The summed E-state index contributed by atoms with van der Waals surface area (Å²) in [5.41, 5.74) is -0.907. The molecule has 1 aromatic rings. The van der Waals surface area contributed by atoms with Gasteiger partial charge in [0.15, 0.2) is 5.78 Å². The zero-order chi connectivity index (χ0) is 10.3. The van der Waals surface area contributed by atoms with E-state index in [1.54, 1.807) is 6.92 Å². The van der Waals surface area contributed by atoms with E-state index in [1.807, 2.05) is 0 Å². The van der Waals surface area contributed by atoms with Gasteiger partial charge in [0, 0.05) is 5.41 Å². The number of hydrogen-bond donors (Lipinski definition) is 0. The molecule has 1 aliphatic carbocycles. The molecule has 0 saturated heterocycles. The third-order valence-electron chi connectivity index (χ3n) is 2.74. The number of carbonyl (C=O) groups is 1. The van der Waals surface area contributed by atoms with E-state index in [2.05, 4.69) is 0 Å². The van der Waals surface area contributed by atoms with Crippen LogP contribution in [-0.2, 0) is 0 Å². The highest BCUT2D eigenvalue weighted by Gasteiger charge is 2.46. The summed E-state index contributed by atoms with van der Waals surface area (Å²) < 4.78 is 26.4. The maximum Gasteiger partial charge on any atom is 0.174 e. The van der Waals surface area contributed by atoms with Gasteiger partial charge in [0.2, 0.25) is 0 Å². The van der Waals surface area contributed by atoms with Crippen LogP contribution in [0.4, 0.5) is 8.78 Å². The fourth-order valence-corrected chi connectivity index (χ4v) is 1.43. The van der Waals surface area contributed by atoms with E-state index in [0.717, 1.165) is 25.0 Å². The fraction of sp³-hybridized carbons (Fsp3) is 0.364. The minimum atomic E-state index is -0.761. The van der Waals surface area contributed by atoms with Crippen LogP contribution in [0, 0.1) is 17.0 Å².